The summed E-state index contributed by atoms with van der Waals surface area (Å²) in [7, 11) is 0. The summed E-state index contributed by atoms with van der Waals surface area (Å²) in [6.07, 6.45) is 7.70. The van der Waals surface area contributed by atoms with E-state index in [1.54, 1.807) is 0 Å². The number of rotatable bonds is 5. The molecule has 4 heterocycles. The number of hydrogen-bond donors (Lipinski definition) is 1. The van der Waals surface area contributed by atoms with Gasteiger partial charge in [-0.3, -0.25) is 4.79 Å². The lowest BCUT2D eigenvalue weighted by Crippen LogP contribution is -2.38. The number of likely N-dealkylation sites (tertiary alicyclic amines) is 1. The van der Waals surface area contributed by atoms with E-state index in [2.05, 4.69) is 15.1 Å². The molecule has 7 nitrogen and oxygen atoms in total. The topological polar surface area (TPSA) is 84.2 Å². The molecule has 1 N–H and O–H groups in total. The van der Waals surface area contributed by atoms with Gasteiger partial charge >= 0.3 is 0 Å². The Hall–Kier alpha value is -2.67. The molecule has 30 heavy (non-hydrogen) atoms. The average Bonchev–Trinajstić information content (AvgIpc) is 3.46. The van der Waals surface area contributed by atoms with Gasteiger partial charge in [0.25, 0.3) is 5.91 Å². The molecule has 1 aromatic carbocycles. The maximum Gasteiger partial charge on any atom is 0.256 e. The number of piperidine rings is 1. The van der Waals surface area contributed by atoms with Crippen LogP contribution in [0.25, 0.3) is 10.9 Å². The molecule has 1 amide bonds. The molecule has 0 unspecified atom stereocenters. The molecule has 2 saturated heterocycles. The lowest BCUT2D eigenvalue weighted by atomic mass is 9.91. The lowest BCUT2D eigenvalue weighted by molar-refractivity contribution is 0.0688. The number of nitrogens with one attached hydrogen (secondary N) is 1. The molecule has 0 bridgehead atoms. The normalized spacial score (nSPS) is 18.9. The molecule has 2 aliphatic rings. The third-order valence-electron chi connectivity index (χ3n) is 6.55. The summed E-state index contributed by atoms with van der Waals surface area (Å²) in [5, 5.41) is 5.19. The van der Waals surface area contributed by atoms with Crippen molar-refractivity contribution in [1.29, 1.82) is 0 Å². The third-order valence-corrected chi connectivity index (χ3v) is 6.55. The zero-order valence-corrected chi connectivity index (χ0v) is 17.2. The molecule has 2 fully saturated rings. The van der Waals surface area contributed by atoms with Gasteiger partial charge < -0.3 is 19.1 Å². The Kier molecular flexibility index (Phi) is 5.53. The van der Waals surface area contributed by atoms with E-state index in [0.717, 1.165) is 93.0 Å². The van der Waals surface area contributed by atoms with Crippen LogP contribution in [0, 0.1) is 5.92 Å². The highest BCUT2D eigenvalue weighted by Gasteiger charge is 2.26. The van der Waals surface area contributed by atoms with E-state index in [-0.39, 0.29) is 5.91 Å². The molecule has 0 atom stereocenters. The number of fused-ring (bicyclic) bond motifs is 1. The predicted molar refractivity (Wildman–Crippen MR) is 112 cm³/mol. The number of nitrogens with zero attached hydrogens (tertiary/aromatic N) is 3. The van der Waals surface area contributed by atoms with Crippen molar-refractivity contribution in [2.24, 2.45) is 5.92 Å². The van der Waals surface area contributed by atoms with Crippen molar-refractivity contribution in [3.63, 3.8) is 0 Å². The first-order chi connectivity index (χ1) is 14.8. The second kappa shape index (κ2) is 8.60. The molecule has 0 spiro atoms. The van der Waals surface area contributed by atoms with E-state index in [0.29, 0.717) is 11.8 Å². The first-order valence-corrected chi connectivity index (χ1v) is 11.0. The zero-order chi connectivity index (χ0) is 20.3. The number of benzene rings is 1. The number of carbonyl (C=O) groups excluding carboxylic acids is 1. The minimum Gasteiger partial charge on any atom is -0.381 e. The van der Waals surface area contributed by atoms with Gasteiger partial charge in [-0.2, -0.15) is 4.98 Å². The maximum atomic E-state index is 13.0. The smallest absolute Gasteiger partial charge is 0.256 e. The fourth-order valence-electron chi connectivity index (χ4n) is 4.66. The quantitative estimate of drug-likeness (QED) is 0.691. The number of hydrogen-bond acceptors (Lipinski definition) is 5. The lowest BCUT2D eigenvalue weighted by Gasteiger charge is -2.31. The van der Waals surface area contributed by atoms with Crippen molar-refractivity contribution in [2.75, 3.05) is 26.3 Å². The first kappa shape index (κ1) is 19.3. The van der Waals surface area contributed by atoms with Crippen molar-refractivity contribution in [1.82, 2.24) is 20.0 Å². The monoisotopic (exact) mass is 408 g/mol. The van der Waals surface area contributed by atoms with Gasteiger partial charge in [0.05, 0.1) is 5.56 Å². The molecular formula is C23H28N4O3. The second-order valence-electron chi connectivity index (χ2n) is 8.46. The molecule has 0 saturated carbocycles. The van der Waals surface area contributed by atoms with Crippen molar-refractivity contribution < 1.29 is 14.1 Å². The SMILES string of the molecule is O=C(c1c[nH]c2ccccc12)N1CCC(CCc2noc(C3CCOCC3)n2)CC1. The van der Waals surface area contributed by atoms with E-state index < -0.39 is 0 Å². The molecule has 2 aliphatic heterocycles. The highest BCUT2D eigenvalue weighted by Crippen LogP contribution is 2.27. The van der Waals surface area contributed by atoms with Crippen LogP contribution in [0.1, 0.15) is 60.1 Å². The van der Waals surface area contributed by atoms with Gasteiger partial charge in [-0.25, -0.2) is 0 Å². The number of aromatic amines is 1. The van der Waals surface area contributed by atoms with Gasteiger partial charge in [-0.05, 0) is 44.1 Å². The van der Waals surface area contributed by atoms with Gasteiger partial charge in [0.2, 0.25) is 5.89 Å². The summed E-state index contributed by atoms with van der Waals surface area (Å²) in [5.74, 6) is 2.66. The molecular weight excluding hydrogens is 380 g/mol. The number of aromatic nitrogens is 3. The van der Waals surface area contributed by atoms with Crippen molar-refractivity contribution in [3.8, 4) is 0 Å². The summed E-state index contributed by atoms with van der Waals surface area (Å²) in [5.41, 5.74) is 1.78. The molecule has 3 aromatic rings. The first-order valence-electron chi connectivity index (χ1n) is 11.0. The maximum absolute atomic E-state index is 13.0. The largest absolute Gasteiger partial charge is 0.381 e. The van der Waals surface area contributed by atoms with Crippen LogP contribution in [0.3, 0.4) is 0 Å². The van der Waals surface area contributed by atoms with Crippen LogP contribution < -0.4 is 0 Å². The third kappa shape index (κ3) is 3.99. The molecule has 2 aromatic heterocycles. The van der Waals surface area contributed by atoms with Crippen LogP contribution >= 0.6 is 0 Å². The summed E-state index contributed by atoms with van der Waals surface area (Å²) >= 11 is 0. The van der Waals surface area contributed by atoms with E-state index in [1.807, 2.05) is 35.4 Å². The van der Waals surface area contributed by atoms with Crippen LogP contribution in [0.4, 0.5) is 0 Å². The van der Waals surface area contributed by atoms with Crippen molar-refractivity contribution in [3.05, 3.63) is 47.7 Å². The van der Waals surface area contributed by atoms with Gasteiger partial charge in [-0.15, -0.1) is 0 Å². The van der Waals surface area contributed by atoms with Crippen LogP contribution in [0.15, 0.2) is 35.0 Å². The Morgan fingerprint density at radius 1 is 1.13 bits per heavy atom. The van der Waals surface area contributed by atoms with Crippen LogP contribution in [-0.2, 0) is 11.2 Å². The van der Waals surface area contributed by atoms with Crippen molar-refractivity contribution in [2.45, 2.75) is 44.4 Å². The van der Waals surface area contributed by atoms with Crippen LogP contribution in [-0.4, -0.2) is 52.2 Å². The van der Waals surface area contributed by atoms with Crippen molar-refractivity contribution >= 4 is 16.8 Å². The molecule has 0 aliphatic carbocycles. The number of aryl methyl sites for hydroxylation is 1. The fourth-order valence-corrected chi connectivity index (χ4v) is 4.66. The highest BCUT2D eigenvalue weighted by molar-refractivity contribution is 6.06. The van der Waals surface area contributed by atoms with Crippen LogP contribution in [0.2, 0.25) is 0 Å². The minimum absolute atomic E-state index is 0.130. The van der Waals surface area contributed by atoms with Gasteiger partial charge in [0.15, 0.2) is 5.82 Å². The number of para-hydroxylation sites is 1. The highest BCUT2D eigenvalue weighted by atomic mass is 16.5. The Balaban J connectivity index is 1.12. The summed E-state index contributed by atoms with van der Waals surface area (Å²) in [4.78, 5) is 22.8. The second-order valence-corrected chi connectivity index (χ2v) is 8.46. The number of amides is 1. The Labute approximate surface area is 175 Å². The van der Waals surface area contributed by atoms with Gasteiger partial charge in [0, 0.05) is 55.7 Å². The van der Waals surface area contributed by atoms with Gasteiger partial charge in [-0.1, -0.05) is 23.4 Å². The number of carbonyl (C=O) groups is 1. The number of ether oxygens (including phenoxy) is 1. The molecule has 158 valence electrons. The Morgan fingerprint density at radius 2 is 1.93 bits per heavy atom. The standard InChI is InChI=1S/C23H28N4O3/c28-23(19-15-24-20-4-2-1-3-18(19)20)27-11-7-16(8-12-27)5-6-21-25-22(30-26-21)17-9-13-29-14-10-17/h1-4,15-17,24H,5-14H2. The van der Waals surface area contributed by atoms with Crippen LogP contribution in [0.5, 0.6) is 0 Å². The summed E-state index contributed by atoms with van der Waals surface area (Å²) in [6.45, 7) is 3.17. The Morgan fingerprint density at radius 3 is 2.77 bits per heavy atom. The zero-order valence-electron chi connectivity index (χ0n) is 17.2. The predicted octanol–water partition coefficient (Wildman–Crippen LogP) is 3.93. The number of H-pyrrole nitrogens is 1. The van der Waals surface area contributed by atoms with E-state index in [1.165, 1.54) is 0 Å². The van der Waals surface area contributed by atoms with E-state index in [4.69, 9.17) is 9.26 Å². The summed E-state index contributed by atoms with van der Waals surface area (Å²) in [6, 6.07) is 7.97. The fraction of sp³-hybridized carbons (Fsp3) is 0.522. The molecule has 5 rings (SSSR count). The van der Waals surface area contributed by atoms with E-state index in [9.17, 15) is 4.79 Å². The van der Waals surface area contributed by atoms with Gasteiger partial charge in [0.1, 0.15) is 0 Å². The average molecular weight is 409 g/mol. The molecule has 0 radical (unpaired) electrons. The molecule has 7 heteroatoms. The minimum atomic E-state index is 0.130. The van der Waals surface area contributed by atoms with E-state index >= 15 is 0 Å². The summed E-state index contributed by atoms with van der Waals surface area (Å²) < 4.78 is 10.9. The Bertz CT molecular complexity index is 997.